The summed E-state index contributed by atoms with van der Waals surface area (Å²) in [5.74, 6) is 7.05. The quantitative estimate of drug-likeness (QED) is 0.0549. The van der Waals surface area contributed by atoms with Crippen molar-refractivity contribution >= 4 is 0 Å². The van der Waals surface area contributed by atoms with Gasteiger partial charge in [0.25, 0.3) is 6.43 Å². The molecule has 7 heterocycles. The molecule has 0 spiro atoms. The molecule has 0 aliphatic heterocycles. The molecule has 8 nitrogen and oxygen atoms in total. The van der Waals surface area contributed by atoms with Crippen LogP contribution in [0.15, 0.2) is 61.2 Å². The molecule has 0 saturated heterocycles. The van der Waals surface area contributed by atoms with Gasteiger partial charge in [0.05, 0.1) is 40.3 Å². The second-order valence-electron chi connectivity index (χ2n) is 34.9. The van der Waals surface area contributed by atoms with E-state index in [9.17, 15) is 57.1 Å². The Balaban J connectivity index is 0.000000281. The molecule has 114 heavy (non-hydrogen) atoms. The van der Waals surface area contributed by atoms with Gasteiger partial charge in [0.15, 0.2) is 0 Å². The summed E-state index contributed by atoms with van der Waals surface area (Å²) in [6.07, 6.45) is 1.10. The molecule has 0 radical (unpaired) electrons. The number of rotatable bonds is 20. The lowest BCUT2D eigenvalue weighted by molar-refractivity contribution is -0.140. The van der Waals surface area contributed by atoms with E-state index in [0.717, 1.165) is 93.9 Å². The van der Waals surface area contributed by atoms with E-state index in [1.54, 1.807) is 38.2 Å². The summed E-state index contributed by atoms with van der Waals surface area (Å²) < 4.78 is 167. The maximum absolute atomic E-state index is 14.2. The fourth-order valence-corrected chi connectivity index (χ4v) is 12.5. The summed E-state index contributed by atoms with van der Waals surface area (Å²) in [6, 6.07) is 11.4. The van der Waals surface area contributed by atoms with Crippen molar-refractivity contribution in [3.63, 3.8) is 0 Å². The molecule has 10 rings (SSSR count). The first-order chi connectivity index (χ1) is 52.7. The molecule has 7 aromatic rings. The van der Waals surface area contributed by atoms with Crippen molar-refractivity contribution in [2.45, 2.75) is 371 Å². The predicted molar refractivity (Wildman–Crippen MR) is 438 cm³/mol. The zero-order valence-corrected chi connectivity index (χ0v) is 72.9. The SMILES string of the molecule is C#Cc1c(C(C)C)cc(C(C)C)nc1C1CC1.CC(C)c1cc(C(C)C)c(C(F)(F)F)c(C2CC2)n1.CC(C)c1cc(C(C)C)c(C(F)F)cn1.CC(C)c1cc(C(C)C)c(CC(F)(F)F)cn1.CC(C)c1cc(C(C)C)c(CF)cn1.CC(C)c1cc(C(C)C)c(F)c(C2CC2)n1.CC(C)c1ncc(C(F)(F)F)c(C(C)C)n1. The van der Waals surface area contributed by atoms with E-state index >= 15 is 0 Å². The lowest BCUT2D eigenvalue weighted by Gasteiger charge is -2.21. The summed E-state index contributed by atoms with van der Waals surface area (Å²) in [4.78, 5) is 33.8. The fourth-order valence-electron chi connectivity index (χ4n) is 12.5. The number of hydrogen-bond donors (Lipinski definition) is 0. The number of terminal acetylenes is 1. The van der Waals surface area contributed by atoms with Crippen molar-refractivity contribution in [2.24, 2.45) is 0 Å². The maximum atomic E-state index is 14.2. The van der Waals surface area contributed by atoms with Crippen molar-refractivity contribution in [3.8, 4) is 12.3 Å². The van der Waals surface area contributed by atoms with Gasteiger partial charge in [-0.1, -0.05) is 200 Å². The Labute approximate surface area is 673 Å². The summed E-state index contributed by atoms with van der Waals surface area (Å²) in [7, 11) is 0. The Kier molecular flexibility index (Phi) is 37.5. The lowest BCUT2D eigenvalue weighted by Crippen LogP contribution is -2.17. The molecular weight excluding hydrogens is 1480 g/mol. The summed E-state index contributed by atoms with van der Waals surface area (Å²) in [5, 5.41) is 0. The maximum Gasteiger partial charge on any atom is 0.419 e. The Morgan fingerprint density at radius 1 is 0.360 bits per heavy atom. The van der Waals surface area contributed by atoms with Gasteiger partial charge in [0, 0.05) is 99.3 Å². The van der Waals surface area contributed by atoms with Gasteiger partial charge < -0.3 is 0 Å². The third-order valence-electron chi connectivity index (χ3n) is 19.9. The first-order valence-corrected chi connectivity index (χ1v) is 40.8. The van der Waals surface area contributed by atoms with E-state index in [1.165, 1.54) is 42.2 Å². The number of halogens is 13. The van der Waals surface area contributed by atoms with E-state index in [1.807, 2.05) is 123 Å². The zero-order chi connectivity index (χ0) is 86.8. The van der Waals surface area contributed by atoms with E-state index in [2.05, 4.69) is 116 Å². The van der Waals surface area contributed by atoms with Crippen molar-refractivity contribution in [3.05, 3.63) is 197 Å². The third kappa shape index (κ3) is 29.7. The third-order valence-corrected chi connectivity index (χ3v) is 19.9. The number of alkyl halides is 12. The minimum atomic E-state index is -4.38. The van der Waals surface area contributed by atoms with E-state index < -0.39 is 49.2 Å². The number of hydrogen-bond acceptors (Lipinski definition) is 8. The average Bonchev–Trinajstić information content (AvgIpc) is 1.66. The van der Waals surface area contributed by atoms with Gasteiger partial charge in [-0.15, -0.1) is 6.42 Å². The van der Waals surface area contributed by atoms with Crippen molar-refractivity contribution in [2.75, 3.05) is 0 Å². The van der Waals surface area contributed by atoms with E-state index in [4.69, 9.17) is 11.4 Å². The highest BCUT2D eigenvalue weighted by Crippen LogP contribution is 2.49. The fraction of sp³-hybridized carbons (Fsp3) is 0.613. The topological polar surface area (TPSA) is 103 Å². The van der Waals surface area contributed by atoms with Gasteiger partial charge in [-0.25, -0.2) is 27.5 Å². The van der Waals surface area contributed by atoms with Crippen LogP contribution in [0.2, 0.25) is 0 Å². The molecular formula is C93H129F13N8. The van der Waals surface area contributed by atoms with Crippen LogP contribution in [-0.4, -0.2) is 46.0 Å². The number of pyridine rings is 6. The molecule has 0 atom stereocenters. The minimum absolute atomic E-state index is 0.00725. The summed E-state index contributed by atoms with van der Waals surface area (Å²) in [5.41, 5.74) is 14.0. The van der Waals surface area contributed by atoms with Crippen LogP contribution in [0.3, 0.4) is 0 Å². The highest BCUT2D eigenvalue weighted by molar-refractivity contribution is 5.49. The van der Waals surface area contributed by atoms with Gasteiger partial charge in [-0.3, -0.25) is 29.9 Å². The van der Waals surface area contributed by atoms with Crippen LogP contribution < -0.4 is 0 Å². The van der Waals surface area contributed by atoms with Crippen molar-refractivity contribution in [1.82, 2.24) is 39.9 Å². The second kappa shape index (κ2) is 43.2. The smallest absolute Gasteiger partial charge is 0.261 e. The molecule has 3 fully saturated rings. The monoisotopic (exact) mass is 1610 g/mol. The Bertz CT molecular complexity index is 4150. The Hall–Kier alpha value is -7.37. The normalized spacial score (nSPS) is 13.9. The molecule has 0 unspecified atom stereocenters. The molecule has 3 aliphatic rings. The first-order valence-electron chi connectivity index (χ1n) is 40.8. The van der Waals surface area contributed by atoms with Crippen LogP contribution in [-0.2, 0) is 25.4 Å². The van der Waals surface area contributed by atoms with Crippen LogP contribution >= 0.6 is 0 Å². The largest absolute Gasteiger partial charge is 0.419 e. The van der Waals surface area contributed by atoms with Gasteiger partial charge >= 0.3 is 18.5 Å². The standard InChI is InChI=1S/C16H21N.C15H20F3N.C14H20FN.C13H18F3N.C12H17F2N.C12H18FN.C11H15F3N2/c1-6-13-14(10(2)3)9-15(11(4)5)17-16(13)12-7-8-12;1-8(2)11-7-12(9(3)4)19-14(10-5-6-10)13(11)15(16,17)18;1-8(2)11-7-12(9(3)4)16-14(13(11)15)10-5-6-10;1-8(2)11-5-12(9(3)4)17-7-10(11)6-13(14,15)16;1-7(2)9-5-11(8(3)4)15-6-10(9)12(13)14;1-8(2)11-5-12(9(3)4)14-7-10(11)6-13;1-6(2)9-8(11(12,13)14)5-15-10(16-9)7(3)4/h1,9-12H,7-8H2,2-5H3;7-10H,5-6H2,1-4H3;7-10H,5-6H2,1-4H3;5,7-9H,6H2,1-4H3;5-8,12H,1-4H3;5,7-9H,6H2,1-4H3;5-7H,1-4H3. The molecule has 21 heteroatoms. The average molecular weight is 1610 g/mol. The minimum Gasteiger partial charge on any atom is -0.261 e. The van der Waals surface area contributed by atoms with Gasteiger partial charge in [0.2, 0.25) is 0 Å². The molecule has 7 aromatic heterocycles. The highest BCUT2D eigenvalue weighted by Gasteiger charge is 2.43. The van der Waals surface area contributed by atoms with E-state index in [-0.39, 0.29) is 87.5 Å². The summed E-state index contributed by atoms with van der Waals surface area (Å²) >= 11 is 0. The first kappa shape index (κ1) is 99.0. The van der Waals surface area contributed by atoms with Crippen LogP contribution in [0.1, 0.15) is 469 Å². The molecule has 0 N–H and O–H groups in total. The summed E-state index contributed by atoms with van der Waals surface area (Å²) in [6.45, 7) is 55.3. The lowest BCUT2D eigenvalue weighted by atomic mass is 9.92. The number of aromatic nitrogens is 8. The van der Waals surface area contributed by atoms with Crippen LogP contribution in [0.4, 0.5) is 57.1 Å². The van der Waals surface area contributed by atoms with Crippen molar-refractivity contribution < 1.29 is 57.1 Å². The van der Waals surface area contributed by atoms with Crippen molar-refractivity contribution in [1.29, 1.82) is 0 Å². The second-order valence-corrected chi connectivity index (χ2v) is 34.9. The zero-order valence-electron chi connectivity index (χ0n) is 72.9. The molecule has 632 valence electrons. The molecule has 3 saturated carbocycles. The molecule has 0 bridgehead atoms. The van der Waals surface area contributed by atoms with Gasteiger partial charge in [-0.2, -0.15) is 39.5 Å². The molecule has 0 aromatic carbocycles. The number of nitrogens with zero attached hydrogens (tertiary/aromatic N) is 8. The predicted octanol–water partition coefficient (Wildman–Crippen LogP) is 30.0. The van der Waals surface area contributed by atoms with Gasteiger partial charge in [0.1, 0.15) is 18.3 Å². The molecule has 3 aliphatic carbocycles. The Morgan fingerprint density at radius 2 is 0.711 bits per heavy atom. The van der Waals surface area contributed by atoms with E-state index in [0.29, 0.717) is 58.4 Å². The van der Waals surface area contributed by atoms with Crippen LogP contribution in [0.25, 0.3) is 0 Å². The van der Waals surface area contributed by atoms with Gasteiger partial charge in [-0.05, 0) is 191 Å². The molecule has 0 amide bonds. The van der Waals surface area contributed by atoms with Crippen LogP contribution in [0, 0.1) is 18.2 Å². The van der Waals surface area contributed by atoms with Crippen LogP contribution in [0.5, 0.6) is 0 Å². The highest BCUT2D eigenvalue weighted by atomic mass is 19.4. The Morgan fingerprint density at radius 3 is 1.06 bits per heavy atom.